The van der Waals surface area contributed by atoms with Crippen LogP contribution in [0.4, 0.5) is 34.6 Å². The van der Waals surface area contributed by atoms with Gasteiger partial charge in [-0.3, -0.25) is 14.9 Å². The van der Waals surface area contributed by atoms with Crippen molar-refractivity contribution in [2.24, 2.45) is 0 Å². The number of piperazine rings is 1. The quantitative estimate of drug-likeness (QED) is 0.186. The van der Waals surface area contributed by atoms with Gasteiger partial charge in [0, 0.05) is 70.5 Å². The number of nitrogens with zero attached hydrogens (tertiary/aromatic N) is 9. The summed E-state index contributed by atoms with van der Waals surface area (Å²) in [5.74, 6) is 3.23. The molecule has 12 nitrogen and oxygen atoms in total. The fourth-order valence-corrected chi connectivity index (χ4v) is 7.24. The molecular weight excluding hydrogens is 634 g/mol. The lowest BCUT2D eigenvalue weighted by molar-refractivity contribution is 0.0981. The molecule has 0 aliphatic carbocycles. The van der Waals surface area contributed by atoms with Crippen LogP contribution in [-0.2, 0) is 6.42 Å². The van der Waals surface area contributed by atoms with E-state index in [4.69, 9.17) is 26.3 Å². The Balaban J connectivity index is 1.22. The zero-order valence-electron chi connectivity index (χ0n) is 27.8. The first-order chi connectivity index (χ1) is 22.9. The van der Waals surface area contributed by atoms with E-state index in [1.165, 1.54) is 0 Å². The summed E-state index contributed by atoms with van der Waals surface area (Å²) in [6.07, 6.45) is 8.11. The molecule has 0 unspecified atom stereocenters. The highest BCUT2D eigenvalue weighted by Crippen LogP contribution is 2.38. The van der Waals surface area contributed by atoms with Gasteiger partial charge in [-0.25, -0.2) is 4.98 Å². The highest BCUT2D eigenvalue weighted by molar-refractivity contribution is 8.00. The summed E-state index contributed by atoms with van der Waals surface area (Å²) in [6, 6.07) is 6.65. The van der Waals surface area contributed by atoms with Crippen LogP contribution in [0.2, 0.25) is 5.02 Å². The van der Waals surface area contributed by atoms with Gasteiger partial charge in [-0.2, -0.15) is 9.97 Å². The first-order valence-corrected chi connectivity index (χ1v) is 17.6. The van der Waals surface area contributed by atoms with Crippen molar-refractivity contribution in [3.8, 4) is 5.88 Å². The predicted molar refractivity (Wildman–Crippen MR) is 194 cm³/mol. The zero-order chi connectivity index (χ0) is 32.9. The summed E-state index contributed by atoms with van der Waals surface area (Å²) in [5, 5.41) is 7.16. The van der Waals surface area contributed by atoms with E-state index in [0.717, 1.165) is 98.1 Å². The minimum atomic E-state index is 0.373. The van der Waals surface area contributed by atoms with Crippen LogP contribution in [0.25, 0.3) is 11.0 Å². The van der Waals surface area contributed by atoms with Gasteiger partial charge in [-0.15, -0.1) is 0 Å². The predicted octanol–water partition coefficient (Wildman–Crippen LogP) is 5.85. The maximum absolute atomic E-state index is 6.63. The van der Waals surface area contributed by atoms with Gasteiger partial charge in [-0.1, -0.05) is 37.4 Å². The molecule has 250 valence electrons. The lowest BCUT2D eigenvalue weighted by Crippen LogP contribution is -2.52. The lowest BCUT2D eigenvalue weighted by Gasteiger charge is -2.42. The maximum atomic E-state index is 6.63. The van der Waals surface area contributed by atoms with Crippen molar-refractivity contribution < 1.29 is 4.74 Å². The first-order valence-electron chi connectivity index (χ1n) is 16.3. The van der Waals surface area contributed by atoms with Gasteiger partial charge in [0.1, 0.15) is 22.0 Å². The number of aromatic nitrogens is 5. The number of rotatable bonds is 11. The van der Waals surface area contributed by atoms with E-state index in [2.05, 4.69) is 71.6 Å². The number of hydrogen-bond acceptors (Lipinski definition) is 13. The van der Waals surface area contributed by atoms with E-state index in [1.807, 2.05) is 19.2 Å². The molecule has 2 aliphatic heterocycles. The molecule has 6 rings (SSSR count). The molecule has 5 heterocycles. The van der Waals surface area contributed by atoms with Crippen molar-refractivity contribution in [2.75, 3.05) is 86.1 Å². The molecule has 2 fully saturated rings. The second kappa shape index (κ2) is 15.1. The van der Waals surface area contributed by atoms with Crippen LogP contribution in [0.5, 0.6) is 5.88 Å². The maximum Gasteiger partial charge on any atom is 0.239 e. The molecule has 47 heavy (non-hydrogen) atoms. The van der Waals surface area contributed by atoms with Gasteiger partial charge in [0.05, 0.1) is 30.2 Å². The summed E-state index contributed by atoms with van der Waals surface area (Å²) in [4.78, 5) is 30.9. The number of piperidine rings is 1. The number of fused-ring (bicyclic) bond motifs is 1. The summed E-state index contributed by atoms with van der Waals surface area (Å²) in [6.45, 7) is 10.9. The Morgan fingerprint density at radius 2 is 1.74 bits per heavy atom. The summed E-state index contributed by atoms with van der Waals surface area (Å²) < 4.78 is 7.89. The van der Waals surface area contributed by atoms with Crippen molar-refractivity contribution >= 4 is 69.2 Å². The minimum Gasteiger partial charge on any atom is -0.479 e. The zero-order valence-corrected chi connectivity index (χ0v) is 29.4. The molecule has 4 aromatic rings. The van der Waals surface area contributed by atoms with Gasteiger partial charge in [0.15, 0.2) is 5.82 Å². The lowest BCUT2D eigenvalue weighted by atomic mass is 10.0. The Hall–Kier alpha value is -3.65. The number of benzene rings is 1. The molecular formula is C33H44ClN11OS. The van der Waals surface area contributed by atoms with Crippen molar-refractivity contribution in [2.45, 2.75) is 39.2 Å². The van der Waals surface area contributed by atoms with E-state index in [0.29, 0.717) is 34.4 Å². The van der Waals surface area contributed by atoms with Gasteiger partial charge >= 0.3 is 0 Å². The molecule has 0 saturated carbocycles. The standard InChI is InChI=1S/C33H44ClN11OS/c1-6-22-20-27(32(46-5)41-31(22)45-14-10-23(11-15-45)44-18-16-42(3)17-19-44)39-33-37-21-24(34)30(40-33)38-26-9-8-25-28(36-13-12-35-25)29(26)43(4)47-7-2/h8-9,12-13,20-21,23H,6-7,10-11,14-19H2,1-5H3,(H2,37,38,39,40). The second-order valence-electron chi connectivity index (χ2n) is 11.9. The van der Waals surface area contributed by atoms with Crippen molar-refractivity contribution in [3.63, 3.8) is 0 Å². The second-order valence-corrected chi connectivity index (χ2v) is 13.7. The number of ether oxygens (including phenoxy) is 1. The third kappa shape index (κ3) is 7.43. The number of likely N-dealkylation sites (N-methyl/N-ethyl adjacent to an activating group) is 1. The highest BCUT2D eigenvalue weighted by Gasteiger charge is 2.28. The van der Waals surface area contributed by atoms with Crippen LogP contribution in [0.3, 0.4) is 0 Å². The molecule has 2 N–H and O–H groups in total. The van der Waals surface area contributed by atoms with Gasteiger partial charge < -0.3 is 29.5 Å². The van der Waals surface area contributed by atoms with Crippen LogP contribution in [0, 0.1) is 0 Å². The molecule has 0 bridgehead atoms. The Morgan fingerprint density at radius 1 is 0.979 bits per heavy atom. The molecule has 2 saturated heterocycles. The molecule has 0 amide bonds. The number of methoxy groups -OCH3 is 1. The molecule has 1 aromatic carbocycles. The fraction of sp³-hybridized carbons (Fsp3) is 0.485. The van der Waals surface area contributed by atoms with Crippen LogP contribution >= 0.6 is 23.5 Å². The molecule has 14 heteroatoms. The first kappa shape index (κ1) is 33.3. The third-order valence-corrected chi connectivity index (χ3v) is 10.0. The molecule has 0 atom stereocenters. The van der Waals surface area contributed by atoms with Crippen LogP contribution in [0.15, 0.2) is 36.8 Å². The van der Waals surface area contributed by atoms with Gasteiger partial charge in [-0.05, 0) is 50.1 Å². The monoisotopic (exact) mass is 677 g/mol. The topological polar surface area (TPSA) is 111 Å². The molecule has 3 aromatic heterocycles. The van der Waals surface area contributed by atoms with E-state index in [-0.39, 0.29) is 0 Å². The smallest absolute Gasteiger partial charge is 0.239 e. The summed E-state index contributed by atoms with van der Waals surface area (Å²) in [7, 11) is 5.87. The molecule has 2 aliphatic rings. The van der Waals surface area contributed by atoms with Gasteiger partial charge in [0.2, 0.25) is 11.8 Å². The Bertz CT molecular complexity index is 1680. The Kier molecular flexibility index (Phi) is 10.7. The Morgan fingerprint density at radius 3 is 2.47 bits per heavy atom. The average Bonchev–Trinajstić information content (AvgIpc) is 3.10. The highest BCUT2D eigenvalue weighted by atomic mass is 35.5. The summed E-state index contributed by atoms with van der Waals surface area (Å²) in [5.41, 5.74) is 5.15. The number of pyridine rings is 1. The third-order valence-electron chi connectivity index (χ3n) is 8.93. The van der Waals surface area contributed by atoms with Crippen molar-refractivity contribution in [1.82, 2.24) is 34.7 Å². The van der Waals surface area contributed by atoms with Crippen molar-refractivity contribution in [1.29, 1.82) is 0 Å². The number of halogens is 1. The minimum absolute atomic E-state index is 0.373. The summed E-state index contributed by atoms with van der Waals surface area (Å²) >= 11 is 8.31. The van der Waals surface area contributed by atoms with Crippen LogP contribution < -0.4 is 24.6 Å². The largest absolute Gasteiger partial charge is 0.479 e. The van der Waals surface area contributed by atoms with Crippen molar-refractivity contribution in [3.05, 3.63) is 47.4 Å². The molecule has 0 spiro atoms. The normalized spacial score (nSPS) is 16.4. The number of hydrogen-bond donors (Lipinski definition) is 2. The average molecular weight is 678 g/mol. The number of aryl methyl sites for hydroxylation is 1. The van der Waals surface area contributed by atoms with E-state index in [1.54, 1.807) is 37.6 Å². The van der Waals surface area contributed by atoms with Crippen LogP contribution in [0.1, 0.15) is 32.3 Å². The molecule has 0 radical (unpaired) electrons. The van der Waals surface area contributed by atoms with E-state index >= 15 is 0 Å². The Labute approximate surface area is 286 Å². The fourth-order valence-electron chi connectivity index (χ4n) is 6.40. The SMILES string of the molecule is CCSN(C)c1c(Nc2nc(Nc3cc(CC)c(N4CCC(N5CCN(C)CC5)CC4)nc3OC)ncc2Cl)ccc2nccnc12. The van der Waals surface area contributed by atoms with E-state index in [9.17, 15) is 0 Å². The van der Waals surface area contributed by atoms with E-state index < -0.39 is 0 Å². The van der Waals surface area contributed by atoms with Crippen LogP contribution in [-0.4, -0.2) is 107 Å². The van der Waals surface area contributed by atoms with Gasteiger partial charge in [0.25, 0.3) is 0 Å². The number of anilines is 6. The number of nitrogens with one attached hydrogen (secondary N) is 2.